The van der Waals surface area contributed by atoms with Gasteiger partial charge in [-0.05, 0) is 18.6 Å². The van der Waals surface area contributed by atoms with E-state index in [4.69, 9.17) is 21.6 Å². The molecule has 0 aliphatic rings. The van der Waals surface area contributed by atoms with Gasteiger partial charge in [-0.1, -0.05) is 23.7 Å². The molecule has 0 radical (unpaired) electrons. The highest BCUT2D eigenvalue weighted by atomic mass is 35.5. The molecule has 0 bridgehead atoms. The zero-order valence-corrected chi connectivity index (χ0v) is 8.86. The first-order chi connectivity index (χ1) is 7.11. The third kappa shape index (κ3) is 1.72. The van der Waals surface area contributed by atoms with Crippen LogP contribution in [0.1, 0.15) is 5.56 Å². The third-order valence-electron chi connectivity index (χ3n) is 2.37. The topological polar surface area (TPSA) is 53.4 Å². The first-order valence-electron chi connectivity index (χ1n) is 4.51. The number of hydrogen-bond acceptors (Lipinski definition) is 3. The summed E-state index contributed by atoms with van der Waals surface area (Å²) in [6.45, 7) is 1.81. The van der Waals surface area contributed by atoms with Crippen LogP contribution in [0.5, 0.6) is 0 Å². The van der Waals surface area contributed by atoms with Gasteiger partial charge in [-0.2, -0.15) is 0 Å². The van der Waals surface area contributed by atoms with E-state index >= 15 is 0 Å². The summed E-state index contributed by atoms with van der Waals surface area (Å²) in [7, 11) is -1.55. The fourth-order valence-corrected chi connectivity index (χ4v) is 1.83. The Morgan fingerprint density at radius 2 is 2.13 bits per heavy atom. The lowest BCUT2D eigenvalue weighted by Gasteiger charge is -2.09. The molecule has 0 aliphatic heterocycles. The van der Waals surface area contributed by atoms with Crippen LogP contribution < -0.4 is 5.46 Å². The molecule has 2 aromatic rings. The molecule has 1 aromatic heterocycles. The standard InChI is InChI=1S/C10H9BClNO2/c1-6-9(12)8(11(14)15)5-7-3-2-4-13-10(6)7/h2-5,14-15H,1H3. The number of aryl methyl sites for hydroxylation is 1. The fraction of sp³-hybridized carbons (Fsp3) is 0.100. The van der Waals surface area contributed by atoms with Crippen LogP contribution in [0.2, 0.25) is 5.02 Å². The molecule has 15 heavy (non-hydrogen) atoms. The molecule has 0 saturated heterocycles. The monoisotopic (exact) mass is 221 g/mol. The molecule has 5 heteroatoms. The lowest BCUT2D eigenvalue weighted by Crippen LogP contribution is -2.31. The molecule has 0 atom stereocenters. The number of aromatic nitrogens is 1. The summed E-state index contributed by atoms with van der Waals surface area (Å²) in [4.78, 5) is 4.19. The van der Waals surface area contributed by atoms with E-state index in [0.717, 1.165) is 16.5 Å². The summed E-state index contributed by atoms with van der Waals surface area (Å²) >= 11 is 6.01. The second-order valence-electron chi connectivity index (χ2n) is 3.35. The average molecular weight is 221 g/mol. The van der Waals surface area contributed by atoms with Crippen LogP contribution in [0, 0.1) is 6.92 Å². The van der Waals surface area contributed by atoms with E-state index in [9.17, 15) is 0 Å². The van der Waals surface area contributed by atoms with E-state index in [1.807, 2.05) is 13.0 Å². The van der Waals surface area contributed by atoms with Crippen molar-refractivity contribution in [1.82, 2.24) is 4.98 Å². The molecule has 0 spiro atoms. The van der Waals surface area contributed by atoms with E-state index in [1.54, 1.807) is 18.3 Å². The fourth-order valence-electron chi connectivity index (χ4n) is 1.59. The van der Waals surface area contributed by atoms with Crippen molar-refractivity contribution in [2.45, 2.75) is 6.92 Å². The zero-order chi connectivity index (χ0) is 11.0. The molecule has 1 heterocycles. The number of rotatable bonds is 1. The first-order valence-corrected chi connectivity index (χ1v) is 4.89. The van der Waals surface area contributed by atoms with E-state index in [1.165, 1.54) is 0 Å². The lowest BCUT2D eigenvalue weighted by atomic mass is 9.78. The highest BCUT2D eigenvalue weighted by Crippen LogP contribution is 2.21. The summed E-state index contributed by atoms with van der Waals surface area (Å²) in [6.07, 6.45) is 1.68. The van der Waals surface area contributed by atoms with Crippen molar-refractivity contribution in [1.29, 1.82) is 0 Å². The van der Waals surface area contributed by atoms with Crippen molar-refractivity contribution < 1.29 is 10.0 Å². The Balaban J connectivity index is 2.82. The van der Waals surface area contributed by atoms with Crippen molar-refractivity contribution in [2.75, 3.05) is 0 Å². The van der Waals surface area contributed by atoms with Crippen LogP contribution in [0.3, 0.4) is 0 Å². The molecule has 76 valence electrons. The zero-order valence-electron chi connectivity index (χ0n) is 8.11. The van der Waals surface area contributed by atoms with Crippen LogP contribution in [0.25, 0.3) is 10.9 Å². The average Bonchev–Trinajstić information content (AvgIpc) is 2.23. The maximum atomic E-state index is 9.14. The minimum atomic E-state index is -1.55. The molecule has 0 aliphatic carbocycles. The molecule has 3 nitrogen and oxygen atoms in total. The molecule has 0 amide bonds. The van der Waals surface area contributed by atoms with E-state index in [-0.39, 0.29) is 0 Å². The minimum Gasteiger partial charge on any atom is -0.423 e. The number of nitrogens with zero attached hydrogens (tertiary/aromatic N) is 1. The first kappa shape index (κ1) is 10.4. The maximum Gasteiger partial charge on any atom is 0.489 e. The van der Waals surface area contributed by atoms with Crippen molar-refractivity contribution in [3.05, 3.63) is 35.0 Å². The van der Waals surface area contributed by atoms with Crippen LogP contribution >= 0.6 is 11.6 Å². The van der Waals surface area contributed by atoms with Crippen LogP contribution in [0.15, 0.2) is 24.4 Å². The summed E-state index contributed by atoms with van der Waals surface area (Å²) < 4.78 is 0. The van der Waals surface area contributed by atoms with Crippen LogP contribution in [-0.2, 0) is 0 Å². The number of fused-ring (bicyclic) bond motifs is 1. The highest BCUT2D eigenvalue weighted by Gasteiger charge is 2.18. The Morgan fingerprint density at radius 1 is 1.40 bits per heavy atom. The van der Waals surface area contributed by atoms with Crippen molar-refractivity contribution in [2.24, 2.45) is 0 Å². The van der Waals surface area contributed by atoms with Crippen molar-refractivity contribution >= 4 is 35.1 Å². The van der Waals surface area contributed by atoms with Gasteiger partial charge in [0.05, 0.1) is 5.52 Å². The number of hydrogen-bond donors (Lipinski definition) is 2. The molecule has 2 rings (SSSR count). The molecule has 0 saturated carbocycles. The second-order valence-corrected chi connectivity index (χ2v) is 3.73. The Bertz CT molecular complexity index is 516. The minimum absolute atomic E-state index is 0.315. The molecular weight excluding hydrogens is 212 g/mol. The van der Waals surface area contributed by atoms with Gasteiger partial charge in [-0.25, -0.2) is 0 Å². The predicted octanol–water partition coefficient (Wildman–Crippen LogP) is 0.876. The second kappa shape index (κ2) is 3.81. The van der Waals surface area contributed by atoms with Gasteiger partial charge in [0.2, 0.25) is 0 Å². The molecular formula is C10H9BClNO2. The quantitative estimate of drug-likeness (QED) is 0.703. The van der Waals surface area contributed by atoms with Crippen molar-refractivity contribution in [3.8, 4) is 0 Å². The smallest absolute Gasteiger partial charge is 0.423 e. The van der Waals surface area contributed by atoms with Crippen molar-refractivity contribution in [3.63, 3.8) is 0 Å². The highest BCUT2D eigenvalue weighted by molar-refractivity contribution is 6.63. The van der Waals surface area contributed by atoms with Gasteiger partial charge in [0.1, 0.15) is 0 Å². The number of pyridine rings is 1. The van der Waals surface area contributed by atoms with Gasteiger partial charge >= 0.3 is 7.12 Å². The molecule has 2 N–H and O–H groups in total. The Hall–Kier alpha value is -1.10. The predicted molar refractivity (Wildman–Crippen MR) is 61.3 cm³/mol. The Morgan fingerprint density at radius 3 is 2.80 bits per heavy atom. The van der Waals surface area contributed by atoms with Gasteiger partial charge in [0.25, 0.3) is 0 Å². The summed E-state index contributed by atoms with van der Waals surface area (Å²) in [6, 6.07) is 5.29. The summed E-state index contributed by atoms with van der Waals surface area (Å²) in [5.41, 5.74) is 1.86. The summed E-state index contributed by atoms with van der Waals surface area (Å²) in [5.74, 6) is 0. The molecule has 0 unspecified atom stereocenters. The van der Waals surface area contributed by atoms with E-state index in [2.05, 4.69) is 4.98 Å². The lowest BCUT2D eigenvalue weighted by molar-refractivity contribution is 0.426. The maximum absolute atomic E-state index is 9.14. The van der Waals surface area contributed by atoms with Gasteiger partial charge < -0.3 is 10.0 Å². The Labute approximate surface area is 92.5 Å². The van der Waals surface area contributed by atoms with E-state index < -0.39 is 7.12 Å². The van der Waals surface area contributed by atoms with E-state index in [0.29, 0.717) is 10.5 Å². The third-order valence-corrected chi connectivity index (χ3v) is 2.87. The number of halogens is 1. The Kier molecular flexibility index (Phi) is 2.65. The van der Waals surface area contributed by atoms with Crippen LogP contribution in [-0.4, -0.2) is 22.2 Å². The van der Waals surface area contributed by atoms with Gasteiger partial charge in [-0.3, -0.25) is 4.98 Å². The number of benzene rings is 1. The summed E-state index contributed by atoms with van der Waals surface area (Å²) in [5, 5.41) is 19.5. The SMILES string of the molecule is Cc1c(Cl)c(B(O)O)cc2cccnc12. The molecule has 1 aromatic carbocycles. The largest absolute Gasteiger partial charge is 0.489 e. The normalized spacial score (nSPS) is 10.7. The molecule has 0 fully saturated rings. The van der Waals surface area contributed by atoms with Crippen LogP contribution in [0.4, 0.5) is 0 Å². The van der Waals surface area contributed by atoms with Gasteiger partial charge in [0.15, 0.2) is 0 Å². The van der Waals surface area contributed by atoms with Gasteiger partial charge in [-0.15, -0.1) is 0 Å². The van der Waals surface area contributed by atoms with Gasteiger partial charge in [0, 0.05) is 22.1 Å².